The van der Waals surface area contributed by atoms with E-state index in [1.54, 1.807) is 0 Å². The van der Waals surface area contributed by atoms with Gasteiger partial charge in [-0.25, -0.2) is 0 Å². The number of nitrogens with zero attached hydrogens (tertiary/aromatic N) is 3. The number of rotatable bonds is 5. The van der Waals surface area contributed by atoms with E-state index in [0.29, 0.717) is 17.9 Å². The van der Waals surface area contributed by atoms with E-state index in [9.17, 15) is 0 Å². The van der Waals surface area contributed by atoms with Gasteiger partial charge in [0.1, 0.15) is 0 Å². The van der Waals surface area contributed by atoms with Gasteiger partial charge in [0.2, 0.25) is 11.8 Å². The Hall–Kier alpha value is -1.72. The van der Waals surface area contributed by atoms with E-state index in [-0.39, 0.29) is 6.04 Å². The average Bonchev–Trinajstić information content (AvgIpc) is 3.05. The van der Waals surface area contributed by atoms with E-state index in [2.05, 4.69) is 41.1 Å². The molecule has 1 aromatic heterocycles. The molecule has 0 aliphatic carbocycles. The fourth-order valence-electron chi connectivity index (χ4n) is 3.06. The molecule has 0 radical (unpaired) electrons. The molecular formula is C18H25N3O2. The number of piperidine rings is 1. The van der Waals surface area contributed by atoms with Crippen LogP contribution in [0.3, 0.4) is 0 Å². The van der Waals surface area contributed by atoms with Crippen LogP contribution in [-0.4, -0.2) is 40.9 Å². The Kier molecular flexibility index (Phi) is 5.08. The van der Waals surface area contributed by atoms with Crippen molar-refractivity contribution in [2.45, 2.75) is 45.8 Å². The topological polar surface area (TPSA) is 51.4 Å². The molecule has 124 valence electrons. The Bertz CT molecular complexity index is 621. The monoisotopic (exact) mass is 315 g/mol. The zero-order valence-electron chi connectivity index (χ0n) is 14.2. The van der Waals surface area contributed by atoms with Crippen molar-refractivity contribution in [1.82, 2.24) is 15.1 Å². The molecule has 2 heterocycles. The number of hydrogen-bond acceptors (Lipinski definition) is 5. The average molecular weight is 315 g/mol. The van der Waals surface area contributed by atoms with Crippen molar-refractivity contribution in [2.75, 3.05) is 19.7 Å². The van der Waals surface area contributed by atoms with Crippen LogP contribution in [0.2, 0.25) is 0 Å². The van der Waals surface area contributed by atoms with Crippen LogP contribution in [0.1, 0.15) is 44.2 Å². The zero-order valence-corrected chi connectivity index (χ0v) is 14.2. The Labute approximate surface area is 137 Å². The highest BCUT2D eigenvalue weighted by molar-refractivity contribution is 5.52. The second-order valence-corrected chi connectivity index (χ2v) is 6.20. The van der Waals surface area contributed by atoms with E-state index in [0.717, 1.165) is 38.1 Å². The molecule has 0 bridgehead atoms. The molecule has 2 unspecified atom stereocenters. The van der Waals surface area contributed by atoms with Crippen LogP contribution in [0.5, 0.6) is 0 Å². The van der Waals surface area contributed by atoms with Crippen molar-refractivity contribution in [2.24, 2.45) is 0 Å². The molecular weight excluding hydrogens is 290 g/mol. The van der Waals surface area contributed by atoms with Crippen molar-refractivity contribution in [3.8, 4) is 11.5 Å². The molecule has 0 spiro atoms. The lowest BCUT2D eigenvalue weighted by molar-refractivity contribution is -0.00857. The summed E-state index contributed by atoms with van der Waals surface area (Å²) in [6, 6.07) is 8.26. The molecule has 0 amide bonds. The molecule has 1 saturated heterocycles. The number of aromatic nitrogens is 2. The fourth-order valence-corrected chi connectivity index (χ4v) is 3.06. The van der Waals surface area contributed by atoms with Gasteiger partial charge in [0.05, 0.1) is 12.1 Å². The third-order valence-corrected chi connectivity index (χ3v) is 4.46. The summed E-state index contributed by atoms with van der Waals surface area (Å²) >= 11 is 0. The molecule has 1 aromatic carbocycles. The fraction of sp³-hybridized carbons (Fsp3) is 0.556. The van der Waals surface area contributed by atoms with E-state index in [4.69, 9.17) is 9.15 Å². The summed E-state index contributed by atoms with van der Waals surface area (Å²) in [5.41, 5.74) is 2.18. The van der Waals surface area contributed by atoms with Crippen molar-refractivity contribution in [3.05, 3.63) is 35.7 Å². The molecule has 1 aliphatic rings. The molecule has 2 aromatic rings. The lowest BCUT2D eigenvalue weighted by atomic mass is 10.1. The standard InChI is InChI=1S/C18H25N3O2/c1-4-22-16-6-5-11-21(12-16)14(3)17-19-20-18(23-17)15-9-7-13(2)8-10-15/h7-10,14,16H,4-6,11-12H2,1-3H3. The minimum Gasteiger partial charge on any atom is -0.419 e. The van der Waals surface area contributed by atoms with Gasteiger partial charge < -0.3 is 9.15 Å². The summed E-state index contributed by atoms with van der Waals surface area (Å²) in [5, 5.41) is 8.47. The number of benzene rings is 1. The molecule has 1 aliphatic heterocycles. The van der Waals surface area contributed by atoms with Gasteiger partial charge in [0, 0.05) is 18.7 Å². The van der Waals surface area contributed by atoms with Crippen molar-refractivity contribution in [3.63, 3.8) is 0 Å². The van der Waals surface area contributed by atoms with Crippen LogP contribution >= 0.6 is 0 Å². The lowest BCUT2D eigenvalue weighted by Gasteiger charge is -2.35. The highest BCUT2D eigenvalue weighted by Gasteiger charge is 2.27. The Morgan fingerprint density at radius 2 is 2.09 bits per heavy atom. The van der Waals surface area contributed by atoms with E-state index >= 15 is 0 Å². The van der Waals surface area contributed by atoms with Crippen LogP contribution in [0.4, 0.5) is 0 Å². The van der Waals surface area contributed by atoms with Gasteiger partial charge >= 0.3 is 0 Å². The van der Waals surface area contributed by atoms with Gasteiger partial charge in [0.15, 0.2) is 0 Å². The normalized spacial score (nSPS) is 20.6. The summed E-state index contributed by atoms with van der Waals surface area (Å²) in [6.45, 7) is 8.99. The maximum absolute atomic E-state index is 5.92. The van der Waals surface area contributed by atoms with E-state index < -0.39 is 0 Å². The maximum Gasteiger partial charge on any atom is 0.247 e. The van der Waals surface area contributed by atoms with Gasteiger partial charge in [-0.1, -0.05) is 17.7 Å². The lowest BCUT2D eigenvalue weighted by Crippen LogP contribution is -2.41. The maximum atomic E-state index is 5.92. The number of ether oxygens (including phenoxy) is 1. The summed E-state index contributed by atoms with van der Waals surface area (Å²) in [5.74, 6) is 1.27. The molecule has 2 atom stereocenters. The first kappa shape index (κ1) is 16.1. The predicted molar refractivity (Wildman–Crippen MR) is 89.1 cm³/mol. The Morgan fingerprint density at radius 3 is 2.83 bits per heavy atom. The second-order valence-electron chi connectivity index (χ2n) is 6.20. The van der Waals surface area contributed by atoms with Crippen molar-refractivity contribution >= 4 is 0 Å². The molecule has 3 rings (SSSR count). The predicted octanol–water partition coefficient (Wildman–Crippen LogP) is 3.61. The quantitative estimate of drug-likeness (QED) is 0.843. The zero-order chi connectivity index (χ0) is 16.2. The minimum atomic E-state index is 0.116. The van der Waals surface area contributed by atoms with Crippen LogP contribution in [-0.2, 0) is 4.74 Å². The molecule has 23 heavy (non-hydrogen) atoms. The van der Waals surface area contributed by atoms with Gasteiger partial charge in [-0.05, 0) is 52.3 Å². The molecule has 5 nitrogen and oxygen atoms in total. The Balaban J connectivity index is 1.70. The first-order chi connectivity index (χ1) is 11.2. The minimum absolute atomic E-state index is 0.116. The third kappa shape index (κ3) is 3.79. The van der Waals surface area contributed by atoms with Gasteiger partial charge in [0.25, 0.3) is 0 Å². The molecule has 0 saturated carbocycles. The molecule has 5 heteroatoms. The first-order valence-corrected chi connectivity index (χ1v) is 8.43. The summed E-state index contributed by atoms with van der Waals surface area (Å²) in [6.07, 6.45) is 2.60. The molecule has 0 N–H and O–H groups in total. The van der Waals surface area contributed by atoms with Crippen molar-refractivity contribution < 1.29 is 9.15 Å². The van der Waals surface area contributed by atoms with Gasteiger partial charge in [-0.15, -0.1) is 10.2 Å². The summed E-state index contributed by atoms with van der Waals surface area (Å²) in [7, 11) is 0. The highest BCUT2D eigenvalue weighted by atomic mass is 16.5. The largest absolute Gasteiger partial charge is 0.419 e. The summed E-state index contributed by atoms with van der Waals surface area (Å²) in [4.78, 5) is 2.37. The van der Waals surface area contributed by atoms with Crippen LogP contribution in [0.25, 0.3) is 11.5 Å². The Morgan fingerprint density at radius 1 is 1.30 bits per heavy atom. The van der Waals surface area contributed by atoms with Crippen LogP contribution in [0.15, 0.2) is 28.7 Å². The smallest absolute Gasteiger partial charge is 0.247 e. The van der Waals surface area contributed by atoms with Gasteiger partial charge in [-0.2, -0.15) is 0 Å². The van der Waals surface area contributed by atoms with Crippen LogP contribution in [0, 0.1) is 6.92 Å². The van der Waals surface area contributed by atoms with Crippen molar-refractivity contribution in [1.29, 1.82) is 0 Å². The highest BCUT2D eigenvalue weighted by Crippen LogP contribution is 2.27. The number of likely N-dealkylation sites (tertiary alicyclic amines) is 1. The third-order valence-electron chi connectivity index (χ3n) is 4.46. The molecule has 1 fully saturated rings. The first-order valence-electron chi connectivity index (χ1n) is 8.43. The van der Waals surface area contributed by atoms with Crippen LogP contribution < -0.4 is 0 Å². The number of hydrogen-bond donors (Lipinski definition) is 0. The van der Waals surface area contributed by atoms with E-state index in [1.165, 1.54) is 5.56 Å². The summed E-state index contributed by atoms with van der Waals surface area (Å²) < 4.78 is 11.7. The van der Waals surface area contributed by atoms with Gasteiger partial charge in [-0.3, -0.25) is 4.90 Å². The second kappa shape index (κ2) is 7.23. The SMILES string of the molecule is CCOC1CCCN(C(C)c2nnc(-c3ccc(C)cc3)o2)C1. The number of aryl methyl sites for hydroxylation is 1. The van der Waals surface area contributed by atoms with E-state index in [1.807, 2.05) is 19.1 Å².